The molecule has 39 heavy (non-hydrogen) atoms. The van der Waals surface area contributed by atoms with Gasteiger partial charge in [-0.1, -0.05) is 0 Å². The third-order valence-electron chi connectivity index (χ3n) is 4.78. The molecule has 14 nitrogen and oxygen atoms in total. The minimum absolute atomic E-state index is 0.0763. The summed E-state index contributed by atoms with van der Waals surface area (Å²) in [6.45, 7) is 7.45. The van der Waals surface area contributed by atoms with Crippen molar-refractivity contribution in [2.45, 2.75) is 0 Å². The van der Waals surface area contributed by atoms with E-state index in [1.807, 2.05) is 0 Å². The van der Waals surface area contributed by atoms with Crippen LogP contribution in [0.1, 0.15) is 0 Å². The first-order valence-corrected chi connectivity index (χ1v) is 12.9. The molecule has 0 bridgehead atoms. The van der Waals surface area contributed by atoms with E-state index in [1.165, 1.54) is 19.3 Å². The van der Waals surface area contributed by atoms with Gasteiger partial charge in [0.1, 0.15) is 6.61 Å². The molecule has 0 aromatic carbocycles. The Kier molecular flexibility index (Phi) is 23.5. The molecule has 0 N–H and O–H groups in total. The van der Waals surface area contributed by atoms with Crippen molar-refractivity contribution in [1.29, 1.82) is 0 Å². The summed E-state index contributed by atoms with van der Waals surface area (Å²) in [7, 11) is 1.31. The molecular weight excluding hydrogens is 522 g/mol. The lowest BCUT2D eigenvalue weighted by molar-refractivity contribution is -0.146. The summed E-state index contributed by atoms with van der Waals surface area (Å²) < 4.78 is 52.6. The Labute approximate surface area is 229 Å². The molecule has 0 aliphatic carbocycles. The van der Waals surface area contributed by atoms with Gasteiger partial charge in [0.05, 0.1) is 126 Å². The van der Waals surface area contributed by atoms with Crippen LogP contribution in [0.3, 0.4) is 0 Å². The van der Waals surface area contributed by atoms with E-state index in [0.717, 1.165) is 4.90 Å². The van der Waals surface area contributed by atoms with Crippen LogP contribution in [-0.4, -0.2) is 155 Å². The number of hydrogen-bond donors (Lipinski definition) is 0. The summed E-state index contributed by atoms with van der Waals surface area (Å²) in [5.74, 6) is -1.03. The highest BCUT2D eigenvalue weighted by atomic mass is 16.6. The molecule has 0 aromatic rings. The molecule has 1 rings (SSSR count). The van der Waals surface area contributed by atoms with E-state index in [9.17, 15) is 14.4 Å². The molecule has 14 heteroatoms. The van der Waals surface area contributed by atoms with Crippen molar-refractivity contribution in [2.75, 3.05) is 133 Å². The molecule has 0 aromatic heterocycles. The van der Waals surface area contributed by atoms with Crippen LogP contribution in [-0.2, 0) is 61.8 Å². The van der Waals surface area contributed by atoms with Gasteiger partial charge in [-0.3, -0.25) is 14.5 Å². The second-order valence-electron chi connectivity index (χ2n) is 7.69. The molecule has 0 spiro atoms. The van der Waals surface area contributed by atoms with Gasteiger partial charge in [-0.2, -0.15) is 0 Å². The van der Waals surface area contributed by atoms with Gasteiger partial charge in [0.2, 0.25) is 0 Å². The Morgan fingerprint density at radius 3 is 1.10 bits per heavy atom. The Morgan fingerprint density at radius 2 is 0.795 bits per heavy atom. The number of rotatable bonds is 29. The normalized spacial score (nSPS) is 13.1. The number of carbonyl (C=O) groups excluding carboxylic acids is 3. The standard InChI is InChI=1S/C25H43NO13/c1-30-25(29)22-39-21-20-38-19-18-37-17-16-36-15-14-35-13-12-34-11-10-33-9-8-32-7-6-31-5-4-26-23(27)2-3-24(26)28/h2-3H,4-22H2,1H3. The van der Waals surface area contributed by atoms with Gasteiger partial charge in [0.25, 0.3) is 11.8 Å². The number of imide groups is 1. The first-order valence-electron chi connectivity index (χ1n) is 12.9. The number of methoxy groups -OCH3 is 1. The Bertz CT molecular complexity index is 644. The molecule has 0 unspecified atom stereocenters. The summed E-state index contributed by atoms with van der Waals surface area (Å²) in [6.07, 6.45) is 2.50. The lowest BCUT2D eigenvalue weighted by Gasteiger charge is -2.13. The second kappa shape index (κ2) is 26.2. The van der Waals surface area contributed by atoms with Crippen LogP contribution in [0.2, 0.25) is 0 Å². The predicted octanol–water partition coefficient (Wildman–Crippen LogP) is -0.766. The third kappa shape index (κ3) is 21.5. The van der Waals surface area contributed by atoms with Gasteiger partial charge in [-0.05, 0) is 0 Å². The molecule has 1 aliphatic rings. The number of nitrogens with zero attached hydrogens (tertiary/aromatic N) is 1. The lowest BCUT2D eigenvalue weighted by Crippen LogP contribution is -2.33. The van der Waals surface area contributed by atoms with Gasteiger partial charge in [-0.15, -0.1) is 0 Å². The molecule has 0 saturated carbocycles. The zero-order valence-electron chi connectivity index (χ0n) is 22.8. The van der Waals surface area contributed by atoms with Gasteiger partial charge < -0.3 is 47.4 Å². The van der Waals surface area contributed by atoms with Gasteiger partial charge >= 0.3 is 5.97 Å². The van der Waals surface area contributed by atoms with Gasteiger partial charge in [0, 0.05) is 12.2 Å². The van der Waals surface area contributed by atoms with Crippen LogP contribution >= 0.6 is 0 Å². The van der Waals surface area contributed by atoms with E-state index in [0.29, 0.717) is 106 Å². The van der Waals surface area contributed by atoms with E-state index in [1.54, 1.807) is 0 Å². The van der Waals surface area contributed by atoms with Crippen molar-refractivity contribution in [3.8, 4) is 0 Å². The highest BCUT2D eigenvalue weighted by Crippen LogP contribution is 2.02. The smallest absolute Gasteiger partial charge is 0.331 e. The van der Waals surface area contributed by atoms with Crippen LogP contribution in [0.4, 0.5) is 0 Å². The van der Waals surface area contributed by atoms with E-state index in [4.69, 9.17) is 42.6 Å². The van der Waals surface area contributed by atoms with E-state index >= 15 is 0 Å². The summed E-state index contributed by atoms with van der Waals surface area (Å²) in [4.78, 5) is 34.7. The topological polar surface area (TPSA) is 147 Å². The van der Waals surface area contributed by atoms with Crippen LogP contribution in [0, 0.1) is 0 Å². The Balaban J connectivity index is 1.65. The van der Waals surface area contributed by atoms with Crippen LogP contribution < -0.4 is 0 Å². The summed E-state index contributed by atoms with van der Waals surface area (Å²) in [5, 5.41) is 0. The minimum atomic E-state index is -0.414. The molecule has 226 valence electrons. The van der Waals surface area contributed by atoms with Crippen molar-refractivity contribution < 1.29 is 61.8 Å². The van der Waals surface area contributed by atoms with Crippen molar-refractivity contribution in [3.05, 3.63) is 12.2 Å². The van der Waals surface area contributed by atoms with Crippen LogP contribution in [0.5, 0.6) is 0 Å². The molecule has 1 aliphatic heterocycles. The average Bonchev–Trinajstić information content (AvgIpc) is 3.26. The third-order valence-corrected chi connectivity index (χ3v) is 4.78. The number of amides is 2. The van der Waals surface area contributed by atoms with E-state index < -0.39 is 5.97 Å². The summed E-state index contributed by atoms with van der Waals surface area (Å²) >= 11 is 0. The van der Waals surface area contributed by atoms with Gasteiger partial charge in [0.15, 0.2) is 0 Å². The quantitative estimate of drug-likeness (QED) is 0.0636. The van der Waals surface area contributed by atoms with E-state index in [2.05, 4.69) is 4.74 Å². The highest BCUT2D eigenvalue weighted by molar-refractivity contribution is 6.12. The largest absolute Gasteiger partial charge is 0.467 e. The molecule has 0 atom stereocenters. The summed E-state index contributed by atoms with van der Waals surface area (Å²) in [5.41, 5.74) is 0. The van der Waals surface area contributed by atoms with Crippen molar-refractivity contribution >= 4 is 17.8 Å². The first kappa shape index (κ1) is 35.0. The van der Waals surface area contributed by atoms with Crippen LogP contribution in [0.25, 0.3) is 0 Å². The summed E-state index contributed by atoms with van der Waals surface area (Å²) in [6, 6.07) is 0. The zero-order chi connectivity index (χ0) is 28.2. The van der Waals surface area contributed by atoms with Gasteiger partial charge in [-0.25, -0.2) is 4.79 Å². The Hall–Kier alpha value is -2.01. The number of ether oxygens (including phenoxy) is 10. The maximum absolute atomic E-state index is 11.4. The lowest BCUT2D eigenvalue weighted by atomic mass is 10.5. The highest BCUT2D eigenvalue weighted by Gasteiger charge is 2.22. The minimum Gasteiger partial charge on any atom is -0.467 e. The molecule has 0 fully saturated rings. The Morgan fingerprint density at radius 1 is 0.513 bits per heavy atom. The SMILES string of the molecule is COC(=O)COCCOCCOCCOCCOCCOCCOCCOCCOCCN1C(=O)C=CC1=O. The molecule has 0 saturated heterocycles. The molecule has 2 amide bonds. The van der Waals surface area contributed by atoms with Crippen LogP contribution in [0.15, 0.2) is 12.2 Å². The maximum Gasteiger partial charge on any atom is 0.331 e. The number of carbonyl (C=O) groups is 3. The van der Waals surface area contributed by atoms with Crippen molar-refractivity contribution in [2.24, 2.45) is 0 Å². The maximum atomic E-state index is 11.4. The van der Waals surface area contributed by atoms with Crippen molar-refractivity contribution in [1.82, 2.24) is 4.90 Å². The van der Waals surface area contributed by atoms with Crippen molar-refractivity contribution in [3.63, 3.8) is 0 Å². The fourth-order valence-electron chi connectivity index (χ4n) is 2.78. The first-order chi connectivity index (χ1) is 19.1. The molecule has 0 radical (unpaired) electrons. The van der Waals surface area contributed by atoms with E-state index in [-0.39, 0.29) is 31.6 Å². The fraction of sp³-hybridized carbons (Fsp3) is 0.800. The fourth-order valence-corrected chi connectivity index (χ4v) is 2.78. The second-order valence-corrected chi connectivity index (χ2v) is 7.69. The molecular formula is C25H43NO13. The number of esters is 1. The zero-order valence-corrected chi connectivity index (χ0v) is 22.8. The monoisotopic (exact) mass is 565 g/mol. The average molecular weight is 566 g/mol. The predicted molar refractivity (Wildman–Crippen MR) is 135 cm³/mol. The number of hydrogen-bond acceptors (Lipinski definition) is 13. The molecule has 1 heterocycles.